The van der Waals surface area contributed by atoms with E-state index >= 15 is 0 Å². The van der Waals surface area contributed by atoms with Crippen LogP contribution in [0.5, 0.6) is 0 Å². The molecule has 0 amide bonds. The first-order valence-corrected chi connectivity index (χ1v) is 25.7. The Balaban J connectivity index is 1.54. The first kappa shape index (κ1) is 45.9. The first-order chi connectivity index (χ1) is 28.8. The molecule has 4 unspecified atom stereocenters. The van der Waals surface area contributed by atoms with Crippen molar-refractivity contribution in [2.45, 2.75) is 195 Å². The first-order valence-electron chi connectivity index (χ1n) is 25.0. The van der Waals surface area contributed by atoms with E-state index in [2.05, 4.69) is 150 Å². The summed E-state index contributed by atoms with van der Waals surface area (Å²) in [6.07, 6.45) is 25.9. The summed E-state index contributed by atoms with van der Waals surface area (Å²) < 4.78 is 1.22. The molecule has 6 rings (SSSR count). The van der Waals surface area contributed by atoms with Gasteiger partial charge in [-0.05, 0) is 129 Å². The van der Waals surface area contributed by atoms with E-state index in [0.29, 0.717) is 0 Å². The van der Waals surface area contributed by atoms with Gasteiger partial charge in [0.2, 0.25) is 0 Å². The molecule has 4 aromatic rings. The van der Waals surface area contributed by atoms with E-state index in [0.717, 1.165) is 23.7 Å². The number of benzene rings is 4. The van der Waals surface area contributed by atoms with E-state index in [1.165, 1.54) is 166 Å². The van der Waals surface area contributed by atoms with E-state index < -0.39 is 0 Å². The van der Waals surface area contributed by atoms with Crippen LogP contribution in [0.25, 0.3) is 33.4 Å². The molecule has 0 N–H and O–H groups in total. The van der Waals surface area contributed by atoms with Gasteiger partial charge in [0.25, 0.3) is 0 Å². The predicted molar refractivity (Wildman–Crippen MR) is 264 cm³/mol. The standard InChI is InChI=1S/C58H81Br/c1-9-17-23-42(13-5)38-57(39-43(14-6)24-18-10-2)53-28-22-21-27-49(53)50-32-29-46(35-54(50)57)47-30-33-51-52-34-31-48(59)37-56(52)58(55(51)36-47,40-44(15-7)25-19-11-3)41-45(16-8)26-20-12-4/h21-22,27-37,42-45H,9-20,23-26,38-41H2,1-8H3. The van der Waals surface area contributed by atoms with Crippen molar-refractivity contribution in [3.05, 3.63) is 106 Å². The summed E-state index contributed by atoms with van der Waals surface area (Å²) in [5.41, 5.74) is 15.3. The maximum Gasteiger partial charge on any atom is 0.0221 e. The van der Waals surface area contributed by atoms with Crippen molar-refractivity contribution in [2.75, 3.05) is 0 Å². The van der Waals surface area contributed by atoms with Crippen molar-refractivity contribution in [2.24, 2.45) is 23.7 Å². The molecule has 0 nitrogen and oxygen atoms in total. The normalized spacial score (nSPS) is 19.8. The van der Waals surface area contributed by atoms with Crippen LogP contribution in [0, 0.1) is 23.7 Å². The van der Waals surface area contributed by atoms with Gasteiger partial charge in [0.15, 0.2) is 0 Å². The molecule has 0 radical (unpaired) electrons. The van der Waals surface area contributed by atoms with E-state index in [-0.39, 0.29) is 10.8 Å². The highest BCUT2D eigenvalue weighted by molar-refractivity contribution is 9.10. The summed E-state index contributed by atoms with van der Waals surface area (Å²) in [6.45, 7) is 19.3. The minimum absolute atomic E-state index is 0.0191. The van der Waals surface area contributed by atoms with Gasteiger partial charge < -0.3 is 0 Å². The average molecular weight is 858 g/mol. The molecule has 2 aliphatic carbocycles. The van der Waals surface area contributed by atoms with Gasteiger partial charge in [-0.2, -0.15) is 0 Å². The fourth-order valence-corrected chi connectivity index (χ4v) is 12.4. The van der Waals surface area contributed by atoms with Crippen LogP contribution in [0.4, 0.5) is 0 Å². The number of halogens is 1. The lowest BCUT2D eigenvalue weighted by molar-refractivity contribution is 0.266. The fourth-order valence-electron chi connectivity index (χ4n) is 12.1. The summed E-state index contributed by atoms with van der Waals surface area (Å²) in [6, 6.07) is 32.3. The summed E-state index contributed by atoms with van der Waals surface area (Å²) in [5, 5.41) is 0. The molecule has 0 aliphatic heterocycles. The molecule has 0 spiro atoms. The SMILES string of the molecule is CCCCC(CC)CC1(CC(CC)CCCC)c2ccccc2-c2ccc(-c3ccc4c(c3)C(CC(CC)CCCC)(CC(CC)CCCC)c3cc(Br)ccc3-4)cc21. The molecule has 4 atom stereocenters. The second-order valence-electron chi connectivity index (χ2n) is 19.4. The van der Waals surface area contributed by atoms with Gasteiger partial charge in [-0.3, -0.25) is 0 Å². The highest BCUT2D eigenvalue weighted by atomic mass is 79.9. The van der Waals surface area contributed by atoms with Crippen LogP contribution < -0.4 is 0 Å². The number of rotatable bonds is 25. The van der Waals surface area contributed by atoms with Gasteiger partial charge in [0, 0.05) is 15.3 Å². The number of hydrogen-bond acceptors (Lipinski definition) is 0. The van der Waals surface area contributed by atoms with Gasteiger partial charge in [0.1, 0.15) is 0 Å². The monoisotopic (exact) mass is 857 g/mol. The van der Waals surface area contributed by atoms with Crippen LogP contribution in [-0.2, 0) is 10.8 Å². The second-order valence-corrected chi connectivity index (χ2v) is 20.3. The molecule has 0 aromatic heterocycles. The quantitative estimate of drug-likeness (QED) is 0.0623. The molecule has 0 fully saturated rings. The van der Waals surface area contributed by atoms with Crippen molar-refractivity contribution < 1.29 is 0 Å². The lowest BCUT2D eigenvalue weighted by atomic mass is 9.64. The van der Waals surface area contributed by atoms with Gasteiger partial charge in [-0.1, -0.05) is 229 Å². The third kappa shape index (κ3) is 9.72. The second kappa shape index (κ2) is 21.4. The van der Waals surface area contributed by atoms with Crippen molar-refractivity contribution in [3.63, 3.8) is 0 Å². The Bertz CT molecular complexity index is 1890. The topological polar surface area (TPSA) is 0 Å². The molecule has 320 valence electrons. The third-order valence-corrected chi connectivity index (χ3v) is 16.1. The maximum absolute atomic E-state index is 3.99. The zero-order valence-corrected chi connectivity index (χ0v) is 40.4. The van der Waals surface area contributed by atoms with Gasteiger partial charge >= 0.3 is 0 Å². The summed E-state index contributed by atoms with van der Waals surface area (Å²) >= 11 is 3.99. The molecule has 0 bridgehead atoms. The van der Waals surface area contributed by atoms with Crippen LogP contribution in [0.15, 0.2) is 83.3 Å². The zero-order valence-electron chi connectivity index (χ0n) is 38.8. The van der Waals surface area contributed by atoms with Crippen LogP contribution in [0.3, 0.4) is 0 Å². The van der Waals surface area contributed by atoms with Gasteiger partial charge in [-0.25, -0.2) is 0 Å². The Morgan fingerprint density at radius 1 is 0.390 bits per heavy atom. The Morgan fingerprint density at radius 2 is 0.729 bits per heavy atom. The lowest BCUT2D eigenvalue weighted by Crippen LogP contribution is -2.32. The van der Waals surface area contributed by atoms with Crippen molar-refractivity contribution in [1.82, 2.24) is 0 Å². The molecular weight excluding hydrogens is 777 g/mol. The van der Waals surface area contributed by atoms with Crippen LogP contribution in [0.1, 0.15) is 206 Å². The lowest BCUT2D eigenvalue weighted by Gasteiger charge is -2.39. The summed E-state index contributed by atoms with van der Waals surface area (Å²) in [7, 11) is 0. The van der Waals surface area contributed by atoms with E-state index in [1.54, 1.807) is 22.3 Å². The minimum Gasteiger partial charge on any atom is -0.0654 e. The molecular formula is C58H81Br. The number of fused-ring (bicyclic) bond motifs is 6. The van der Waals surface area contributed by atoms with Crippen LogP contribution in [-0.4, -0.2) is 0 Å². The Labute approximate surface area is 371 Å². The smallest absolute Gasteiger partial charge is 0.0221 e. The average Bonchev–Trinajstić information content (AvgIpc) is 3.68. The van der Waals surface area contributed by atoms with Crippen molar-refractivity contribution in [1.29, 1.82) is 0 Å². The molecule has 59 heavy (non-hydrogen) atoms. The van der Waals surface area contributed by atoms with E-state index in [1.807, 2.05) is 0 Å². The zero-order chi connectivity index (χ0) is 42.0. The molecule has 2 aliphatic rings. The maximum atomic E-state index is 3.99. The molecule has 1 heteroatoms. The van der Waals surface area contributed by atoms with E-state index in [4.69, 9.17) is 0 Å². The molecule has 0 heterocycles. The van der Waals surface area contributed by atoms with Crippen LogP contribution >= 0.6 is 15.9 Å². The highest BCUT2D eigenvalue weighted by Gasteiger charge is 2.47. The van der Waals surface area contributed by atoms with Crippen molar-refractivity contribution in [3.8, 4) is 33.4 Å². The Kier molecular flexibility index (Phi) is 16.7. The Morgan fingerprint density at radius 3 is 1.12 bits per heavy atom. The molecule has 0 saturated heterocycles. The predicted octanol–water partition coefficient (Wildman–Crippen LogP) is 19.1. The highest BCUT2D eigenvalue weighted by Crippen LogP contribution is 2.59. The fraction of sp³-hybridized carbons (Fsp3) is 0.586. The summed E-state index contributed by atoms with van der Waals surface area (Å²) in [5.74, 6) is 2.91. The largest absolute Gasteiger partial charge is 0.0654 e. The number of unbranched alkanes of at least 4 members (excludes halogenated alkanes) is 4. The van der Waals surface area contributed by atoms with Gasteiger partial charge in [0.05, 0.1) is 0 Å². The third-order valence-electron chi connectivity index (χ3n) is 15.6. The van der Waals surface area contributed by atoms with Crippen molar-refractivity contribution >= 4 is 15.9 Å². The van der Waals surface area contributed by atoms with Gasteiger partial charge in [-0.15, -0.1) is 0 Å². The van der Waals surface area contributed by atoms with Crippen LogP contribution in [0.2, 0.25) is 0 Å². The summed E-state index contributed by atoms with van der Waals surface area (Å²) in [4.78, 5) is 0. The Hall–Kier alpha value is -2.64. The minimum atomic E-state index is 0.0191. The van der Waals surface area contributed by atoms with E-state index in [9.17, 15) is 0 Å². The molecule has 4 aromatic carbocycles. The number of hydrogen-bond donors (Lipinski definition) is 0. The molecule has 0 saturated carbocycles.